The minimum Gasteiger partial charge on any atom is -0.458 e. The minimum atomic E-state index is -0.238. The van der Waals surface area contributed by atoms with Crippen LogP contribution in [0.15, 0.2) is 48.6 Å². The first-order chi connectivity index (χ1) is 8.77. The molecule has 0 saturated heterocycles. The van der Waals surface area contributed by atoms with Crippen LogP contribution in [0.5, 0.6) is 0 Å². The van der Waals surface area contributed by atoms with E-state index in [2.05, 4.69) is 25.2 Å². The number of carbonyl (C=O) groups excluding carboxylic acids is 1. The second-order valence-corrected chi connectivity index (χ2v) is 4.78. The van der Waals surface area contributed by atoms with Crippen molar-refractivity contribution >= 4 is 5.97 Å². The molecule has 0 aliphatic heterocycles. The molecule has 1 fully saturated rings. The van der Waals surface area contributed by atoms with E-state index < -0.39 is 0 Å². The standard InChI is InChI=1S/C16H20O2/c1-3-5-6-11-15(17)18-16-12(4-2)13-9-7-8-10-14(13)16/h3,5-14,16H,4H2,1-2H3/b5-3-,11-6+/t12-,13+,14-,16+/m1/s1. The fourth-order valence-corrected chi connectivity index (χ4v) is 2.85. The van der Waals surface area contributed by atoms with Crippen LogP contribution in [-0.4, -0.2) is 12.1 Å². The second kappa shape index (κ2) is 5.85. The van der Waals surface area contributed by atoms with Crippen LogP contribution < -0.4 is 0 Å². The van der Waals surface area contributed by atoms with E-state index in [1.54, 1.807) is 6.08 Å². The highest BCUT2D eigenvalue weighted by Crippen LogP contribution is 2.47. The van der Waals surface area contributed by atoms with Crippen molar-refractivity contribution in [2.75, 3.05) is 0 Å². The van der Waals surface area contributed by atoms with E-state index in [4.69, 9.17) is 4.74 Å². The minimum absolute atomic E-state index is 0.0453. The van der Waals surface area contributed by atoms with Gasteiger partial charge in [0.05, 0.1) is 0 Å². The maximum atomic E-state index is 11.7. The number of carbonyl (C=O) groups is 1. The van der Waals surface area contributed by atoms with Crippen molar-refractivity contribution in [3.05, 3.63) is 48.6 Å². The average molecular weight is 244 g/mol. The number of fused-ring (bicyclic) bond motifs is 1. The van der Waals surface area contributed by atoms with Gasteiger partial charge in [-0.2, -0.15) is 0 Å². The molecular weight excluding hydrogens is 224 g/mol. The average Bonchev–Trinajstić information content (AvgIpc) is 2.37. The lowest BCUT2D eigenvalue weighted by molar-refractivity contribution is -0.162. The predicted molar refractivity (Wildman–Crippen MR) is 72.9 cm³/mol. The van der Waals surface area contributed by atoms with Crippen molar-refractivity contribution in [3.8, 4) is 0 Å². The smallest absolute Gasteiger partial charge is 0.331 e. The molecule has 4 atom stereocenters. The topological polar surface area (TPSA) is 26.3 Å². The molecule has 2 rings (SSSR count). The van der Waals surface area contributed by atoms with E-state index in [9.17, 15) is 4.79 Å². The van der Waals surface area contributed by atoms with E-state index in [1.807, 2.05) is 25.2 Å². The molecule has 1 saturated carbocycles. The Balaban J connectivity index is 1.94. The quantitative estimate of drug-likeness (QED) is 0.430. The van der Waals surface area contributed by atoms with Crippen molar-refractivity contribution in [1.82, 2.24) is 0 Å². The Bertz CT molecular complexity index is 415. The number of allylic oxidation sites excluding steroid dienone is 6. The summed E-state index contributed by atoms with van der Waals surface area (Å²) in [6, 6.07) is 0. The molecule has 0 radical (unpaired) electrons. The van der Waals surface area contributed by atoms with Crippen LogP contribution >= 0.6 is 0 Å². The van der Waals surface area contributed by atoms with Gasteiger partial charge in [-0.15, -0.1) is 0 Å². The van der Waals surface area contributed by atoms with Gasteiger partial charge in [0.2, 0.25) is 0 Å². The van der Waals surface area contributed by atoms with Gasteiger partial charge in [0.25, 0.3) is 0 Å². The van der Waals surface area contributed by atoms with E-state index >= 15 is 0 Å². The van der Waals surface area contributed by atoms with Gasteiger partial charge in [-0.3, -0.25) is 0 Å². The summed E-state index contributed by atoms with van der Waals surface area (Å²) in [5.41, 5.74) is 0. The number of hydrogen-bond acceptors (Lipinski definition) is 2. The molecule has 0 aromatic heterocycles. The Morgan fingerprint density at radius 1 is 1.22 bits per heavy atom. The zero-order valence-corrected chi connectivity index (χ0v) is 11.0. The van der Waals surface area contributed by atoms with E-state index in [0.29, 0.717) is 17.8 Å². The first-order valence-electron chi connectivity index (χ1n) is 6.63. The molecule has 2 aliphatic carbocycles. The molecule has 2 aliphatic rings. The SMILES string of the molecule is C/C=C\C=C\C(=O)O[C@@H]1[C@@H]2C=CC=C[C@H]2[C@H]1CC. The van der Waals surface area contributed by atoms with Gasteiger partial charge in [0, 0.05) is 17.9 Å². The number of ether oxygens (including phenoxy) is 1. The summed E-state index contributed by atoms with van der Waals surface area (Å²) >= 11 is 0. The maximum absolute atomic E-state index is 11.7. The van der Waals surface area contributed by atoms with Crippen molar-refractivity contribution in [2.45, 2.75) is 26.4 Å². The largest absolute Gasteiger partial charge is 0.458 e. The fourth-order valence-electron chi connectivity index (χ4n) is 2.85. The Morgan fingerprint density at radius 3 is 2.61 bits per heavy atom. The molecule has 0 aromatic carbocycles. The van der Waals surface area contributed by atoms with Crippen molar-refractivity contribution in [2.24, 2.45) is 17.8 Å². The molecule has 2 nitrogen and oxygen atoms in total. The summed E-state index contributed by atoms with van der Waals surface area (Å²) in [7, 11) is 0. The summed E-state index contributed by atoms with van der Waals surface area (Å²) < 4.78 is 5.56. The first-order valence-corrected chi connectivity index (χ1v) is 6.63. The lowest BCUT2D eigenvalue weighted by atomic mass is 9.60. The number of esters is 1. The van der Waals surface area contributed by atoms with E-state index in [1.165, 1.54) is 6.08 Å². The molecule has 0 bridgehead atoms. The number of hydrogen-bond donors (Lipinski definition) is 0. The third-order valence-corrected chi connectivity index (χ3v) is 3.78. The monoisotopic (exact) mass is 244 g/mol. The third-order valence-electron chi connectivity index (χ3n) is 3.78. The van der Waals surface area contributed by atoms with Gasteiger partial charge in [-0.05, 0) is 19.3 Å². The van der Waals surface area contributed by atoms with Crippen LogP contribution in [0.4, 0.5) is 0 Å². The van der Waals surface area contributed by atoms with Gasteiger partial charge in [0.1, 0.15) is 6.10 Å². The van der Waals surface area contributed by atoms with E-state index in [-0.39, 0.29) is 12.1 Å². The van der Waals surface area contributed by atoms with Crippen molar-refractivity contribution in [3.63, 3.8) is 0 Å². The molecule has 2 heteroatoms. The highest BCUT2D eigenvalue weighted by atomic mass is 16.5. The van der Waals surface area contributed by atoms with Crippen LogP contribution in [0.2, 0.25) is 0 Å². The predicted octanol–water partition coefficient (Wildman–Crippen LogP) is 3.43. The van der Waals surface area contributed by atoms with Gasteiger partial charge < -0.3 is 4.74 Å². The van der Waals surface area contributed by atoms with Gasteiger partial charge in [-0.25, -0.2) is 4.79 Å². The van der Waals surface area contributed by atoms with Gasteiger partial charge >= 0.3 is 5.97 Å². The lowest BCUT2D eigenvalue weighted by Crippen LogP contribution is -2.52. The Kier molecular flexibility index (Phi) is 4.19. The van der Waals surface area contributed by atoms with E-state index in [0.717, 1.165) is 6.42 Å². The molecule has 0 N–H and O–H groups in total. The van der Waals surface area contributed by atoms with Crippen LogP contribution in [0.3, 0.4) is 0 Å². The summed E-state index contributed by atoms with van der Waals surface area (Å²) in [6.45, 7) is 4.07. The molecule has 0 unspecified atom stereocenters. The van der Waals surface area contributed by atoms with Crippen molar-refractivity contribution < 1.29 is 9.53 Å². The van der Waals surface area contributed by atoms with Crippen LogP contribution in [0.1, 0.15) is 20.3 Å². The molecule has 96 valence electrons. The Hall–Kier alpha value is -1.57. The first kappa shape index (κ1) is 12.9. The summed E-state index contributed by atoms with van der Waals surface area (Å²) in [4.78, 5) is 11.7. The zero-order chi connectivity index (χ0) is 13.0. The Morgan fingerprint density at radius 2 is 1.94 bits per heavy atom. The van der Waals surface area contributed by atoms with Crippen LogP contribution in [0.25, 0.3) is 0 Å². The normalized spacial score (nSPS) is 33.7. The van der Waals surface area contributed by atoms with Gasteiger partial charge in [-0.1, -0.05) is 49.5 Å². The summed E-state index contributed by atoms with van der Waals surface area (Å²) in [5, 5.41) is 0. The highest BCUT2D eigenvalue weighted by Gasteiger charge is 2.49. The molecule has 18 heavy (non-hydrogen) atoms. The zero-order valence-electron chi connectivity index (χ0n) is 11.0. The van der Waals surface area contributed by atoms with Crippen LogP contribution in [-0.2, 0) is 9.53 Å². The molecule has 0 aromatic rings. The number of rotatable bonds is 4. The molecular formula is C16H20O2. The molecule has 0 amide bonds. The Labute approximate surface area is 109 Å². The van der Waals surface area contributed by atoms with Crippen molar-refractivity contribution in [1.29, 1.82) is 0 Å². The summed E-state index contributed by atoms with van der Waals surface area (Å²) in [5.74, 6) is 1.16. The highest BCUT2D eigenvalue weighted by molar-refractivity contribution is 5.82. The fraction of sp³-hybridized carbons (Fsp3) is 0.438. The second-order valence-electron chi connectivity index (χ2n) is 4.78. The molecule has 0 spiro atoms. The third kappa shape index (κ3) is 2.47. The summed E-state index contributed by atoms with van der Waals surface area (Å²) in [6.07, 6.45) is 16.5. The van der Waals surface area contributed by atoms with Crippen LogP contribution in [0, 0.1) is 17.8 Å². The lowest BCUT2D eigenvalue weighted by Gasteiger charge is -2.49. The maximum Gasteiger partial charge on any atom is 0.331 e. The van der Waals surface area contributed by atoms with Gasteiger partial charge in [0.15, 0.2) is 0 Å². The molecule has 0 heterocycles.